The summed E-state index contributed by atoms with van der Waals surface area (Å²) < 4.78 is 0. The fourth-order valence-corrected chi connectivity index (χ4v) is 8.60. The summed E-state index contributed by atoms with van der Waals surface area (Å²) in [5, 5.41) is 37.5. The normalized spacial score (nSPS) is 20.3. The summed E-state index contributed by atoms with van der Waals surface area (Å²) >= 11 is 0. The van der Waals surface area contributed by atoms with E-state index in [1.165, 1.54) is 6.92 Å². The number of hydrogen-bond acceptors (Lipinski definition) is 13. The van der Waals surface area contributed by atoms with E-state index in [9.17, 15) is 53.1 Å². The largest absolute Gasteiger partial charge is 0.391 e. The van der Waals surface area contributed by atoms with Crippen molar-refractivity contribution in [3.8, 4) is 0 Å². The summed E-state index contributed by atoms with van der Waals surface area (Å²) in [6.07, 6.45) is 1.70. The molecule has 434 valence electrons. The van der Waals surface area contributed by atoms with Crippen molar-refractivity contribution in [1.29, 1.82) is 0 Å². The maximum atomic E-state index is 14.5. The van der Waals surface area contributed by atoms with Crippen LogP contribution in [0.25, 0.3) is 0 Å². The molecule has 1 saturated heterocycles. The van der Waals surface area contributed by atoms with E-state index in [-0.39, 0.29) is 82.3 Å². The smallest absolute Gasteiger partial charge is 0.245 e. The lowest BCUT2D eigenvalue weighted by Crippen LogP contribution is -2.63. The number of aliphatic hydroxyl groups is 1. The van der Waals surface area contributed by atoms with Crippen molar-refractivity contribution in [3.63, 3.8) is 0 Å². The fourth-order valence-electron chi connectivity index (χ4n) is 8.60. The first-order valence-corrected chi connectivity index (χ1v) is 27.5. The van der Waals surface area contributed by atoms with Gasteiger partial charge in [-0.2, -0.15) is 0 Å². The van der Waals surface area contributed by atoms with Crippen LogP contribution in [0.4, 0.5) is 0 Å². The molecule has 15 N–H and O–H groups in total. The van der Waals surface area contributed by atoms with E-state index in [1.807, 2.05) is 41.5 Å². The molecule has 2 rings (SSSR count). The minimum Gasteiger partial charge on any atom is -0.391 e. The summed E-state index contributed by atoms with van der Waals surface area (Å²) in [5.41, 5.74) is 12.4. The number of carbonyl (C=O) groups excluding carboxylic acids is 10. The van der Waals surface area contributed by atoms with Gasteiger partial charge in [-0.15, -0.1) is 0 Å². The highest BCUT2D eigenvalue weighted by Gasteiger charge is 2.38. The van der Waals surface area contributed by atoms with Crippen LogP contribution in [-0.2, 0) is 54.4 Å². The predicted molar refractivity (Wildman–Crippen MR) is 292 cm³/mol. The van der Waals surface area contributed by atoms with Crippen LogP contribution in [0.3, 0.4) is 0 Å². The Morgan fingerprint density at radius 2 is 1.21 bits per heavy atom. The van der Waals surface area contributed by atoms with Crippen molar-refractivity contribution >= 4 is 59.1 Å². The Hall–Kier alpha value is -6.20. The van der Waals surface area contributed by atoms with Crippen LogP contribution in [0.5, 0.6) is 0 Å². The monoisotopic (exact) mass is 1080 g/mol. The number of amides is 10. The molecule has 11 atom stereocenters. The molecule has 0 bridgehead atoms. The van der Waals surface area contributed by atoms with Crippen LogP contribution in [0, 0.1) is 23.7 Å². The Morgan fingerprint density at radius 1 is 0.636 bits per heavy atom. The summed E-state index contributed by atoms with van der Waals surface area (Å²) in [7, 11) is 0. The molecule has 77 heavy (non-hydrogen) atoms. The molecule has 1 fully saturated rings. The molecule has 1 heterocycles. The average Bonchev–Trinajstić information content (AvgIpc) is 3.36. The van der Waals surface area contributed by atoms with Gasteiger partial charge >= 0.3 is 0 Å². The predicted octanol–water partition coefficient (Wildman–Crippen LogP) is -0.435. The highest BCUT2D eigenvalue weighted by molar-refractivity contribution is 5.99. The van der Waals surface area contributed by atoms with Crippen LogP contribution in [-0.4, -0.2) is 144 Å². The summed E-state index contributed by atoms with van der Waals surface area (Å²) in [6, 6.07) is -2.46. The molecular formula is C54H92N12O11. The summed E-state index contributed by atoms with van der Waals surface area (Å²) in [4.78, 5) is 139. The van der Waals surface area contributed by atoms with E-state index in [0.717, 1.165) is 12.8 Å². The number of nitrogens with one attached hydrogen (secondary N) is 10. The third-order valence-corrected chi connectivity index (χ3v) is 13.3. The standard InChI is InChI=1S/C54H92N12O11/c1-11-13-15-20-42(68)58-36(21-24-55)47(70)65-44(33(9)12-2)54(77)60-37(22-25-56)46(69)62-41(29-35-18-16-14-17-19-35)50(73)61-39(27-30(3)4)49(72)59-38-23-26-57-52(75)45(34(10)67)66-51(74)40(28-31(5)6)63-53(76)43(32(7)8)64-48(38)71/h14,16-19,30-34,36-41,43-45,67H,11-13,15,20-29,55-56H2,1-10H3,(H,57,75)(H,58,68)(H,59,72)(H,60,77)(H,61,73)(H,62,69)(H,63,76)(H,64,71)(H,65,70)(H,66,74)/t33-,34+,36-,37-,38-,39-,40-,41+,43+,44-,45-/m0/s1. The van der Waals surface area contributed by atoms with Crippen molar-refractivity contribution in [3.05, 3.63) is 35.9 Å². The topological polar surface area (TPSA) is 363 Å². The Balaban J connectivity index is 2.49. The zero-order valence-corrected chi connectivity index (χ0v) is 47.1. The molecule has 1 aromatic rings. The van der Waals surface area contributed by atoms with Crippen molar-refractivity contribution in [1.82, 2.24) is 53.2 Å². The SMILES string of the molecule is CCCCCC(=O)N[C@@H](CCN)C(=O)N[C@H](C(=O)N[C@@H](CCN)C(=O)N[C@H](Cc1ccccc1)C(=O)N[C@@H](CC(C)C)C(=O)N[C@H]1CCNC(=O)[C@H]([C@@H](C)O)NC(=O)[C@H](CC(C)C)NC(=O)[C@@H](C(C)C)NC1=O)[C@@H](C)CC. The Kier molecular flexibility index (Phi) is 30.0. The van der Waals surface area contributed by atoms with Crippen molar-refractivity contribution in [2.45, 2.75) is 200 Å². The highest BCUT2D eigenvalue weighted by atomic mass is 16.3. The minimum absolute atomic E-state index is 0.0575. The molecule has 1 aliphatic heterocycles. The molecule has 10 amide bonds. The first-order valence-electron chi connectivity index (χ1n) is 27.5. The van der Waals surface area contributed by atoms with Crippen LogP contribution >= 0.6 is 0 Å². The van der Waals surface area contributed by atoms with Gasteiger partial charge in [-0.05, 0) is 87.8 Å². The molecular weight excluding hydrogens is 993 g/mol. The second-order valence-electron chi connectivity index (χ2n) is 21.4. The van der Waals surface area contributed by atoms with E-state index < -0.39 is 125 Å². The van der Waals surface area contributed by atoms with Crippen molar-refractivity contribution < 1.29 is 53.1 Å². The minimum atomic E-state index is -1.42. The molecule has 1 aliphatic rings. The second-order valence-corrected chi connectivity index (χ2v) is 21.4. The van der Waals surface area contributed by atoms with E-state index in [1.54, 1.807) is 51.1 Å². The van der Waals surface area contributed by atoms with Crippen molar-refractivity contribution in [2.75, 3.05) is 19.6 Å². The highest BCUT2D eigenvalue weighted by Crippen LogP contribution is 2.14. The van der Waals surface area contributed by atoms with Gasteiger partial charge < -0.3 is 69.7 Å². The van der Waals surface area contributed by atoms with Gasteiger partial charge in [-0.1, -0.05) is 112 Å². The lowest BCUT2D eigenvalue weighted by atomic mass is 9.97. The number of aliphatic hydroxyl groups excluding tert-OH is 1. The van der Waals surface area contributed by atoms with E-state index in [4.69, 9.17) is 11.5 Å². The molecule has 23 heteroatoms. The van der Waals surface area contributed by atoms with E-state index in [2.05, 4.69) is 53.2 Å². The maximum Gasteiger partial charge on any atom is 0.245 e. The third-order valence-electron chi connectivity index (χ3n) is 13.3. The van der Waals surface area contributed by atoms with Gasteiger partial charge in [0, 0.05) is 19.4 Å². The number of benzene rings is 1. The number of rotatable bonds is 29. The zero-order chi connectivity index (χ0) is 57.9. The zero-order valence-electron chi connectivity index (χ0n) is 47.1. The number of unbranched alkanes of at least 4 members (excludes halogenated alkanes) is 2. The molecule has 0 unspecified atom stereocenters. The quantitative estimate of drug-likeness (QED) is 0.0454. The summed E-state index contributed by atoms with van der Waals surface area (Å²) in [5.74, 6) is -8.17. The lowest BCUT2D eigenvalue weighted by molar-refractivity contribution is -0.137. The average molecular weight is 1090 g/mol. The number of nitrogens with two attached hydrogens (primary N) is 2. The van der Waals surface area contributed by atoms with Gasteiger partial charge in [0.05, 0.1) is 6.10 Å². The van der Waals surface area contributed by atoms with E-state index >= 15 is 0 Å². The Bertz CT molecular complexity index is 2090. The molecule has 23 nitrogen and oxygen atoms in total. The van der Waals surface area contributed by atoms with Gasteiger partial charge in [-0.25, -0.2) is 0 Å². The van der Waals surface area contributed by atoms with Gasteiger partial charge in [0.25, 0.3) is 0 Å². The first kappa shape index (κ1) is 66.9. The first-order chi connectivity index (χ1) is 36.4. The molecule has 0 spiro atoms. The Labute approximate surface area is 455 Å². The molecule has 0 saturated carbocycles. The number of carbonyl (C=O) groups is 10. The van der Waals surface area contributed by atoms with E-state index in [0.29, 0.717) is 18.4 Å². The lowest BCUT2D eigenvalue weighted by Gasteiger charge is -2.31. The molecule has 0 aromatic heterocycles. The van der Waals surface area contributed by atoms with Crippen molar-refractivity contribution in [2.24, 2.45) is 35.1 Å². The van der Waals surface area contributed by atoms with Crippen LogP contribution in [0.15, 0.2) is 30.3 Å². The Morgan fingerprint density at radius 3 is 1.77 bits per heavy atom. The third kappa shape index (κ3) is 23.5. The molecule has 0 aliphatic carbocycles. The van der Waals surface area contributed by atoms with Gasteiger partial charge in [0.2, 0.25) is 59.1 Å². The maximum absolute atomic E-state index is 14.5. The second kappa shape index (κ2) is 34.5. The summed E-state index contributed by atoms with van der Waals surface area (Å²) in [6.45, 7) is 17.4. The van der Waals surface area contributed by atoms with Crippen LogP contribution < -0.4 is 64.6 Å². The van der Waals surface area contributed by atoms with Gasteiger partial charge in [0.1, 0.15) is 54.4 Å². The fraction of sp³-hybridized carbons (Fsp3) is 0.704. The van der Waals surface area contributed by atoms with Gasteiger partial charge in [0.15, 0.2) is 0 Å². The van der Waals surface area contributed by atoms with Crippen LogP contribution in [0.1, 0.15) is 139 Å². The molecule has 1 aromatic carbocycles. The molecule has 0 radical (unpaired) electrons. The number of hydrogen-bond donors (Lipinski definition) is 13. The van der Waals surface area contributed by atoms with Crippen LogP contribution in [0.2, 0.25) is 0 Å². The van der Waals surface area contributed by atoms with Gasteiger partial charge in [-0.3, -0.25) is 47.9 Å².